The van der Waals surface area contributed by atoms with Crippen LogP contribution in [0.25, 0.3) is 0 Å². The van der Waals surface area contributed by atoms with Crippen LogP contribution in [0.4, 0.5) is 10.1 Å². The van der Waals surface area contributed by atoms with Gasteiger partial charge in [-0.3, -0.25) is 15.6 Å². The van der Waals surface area contributed by atoms with E-state index >= 15 is 0 Å². The van der Waals surface area contributed by atoms with E-state index in [1.165, 1.54) is 12.1 Å². The predicted molar refractivity (Wildman–Crippen MR) is 49.4 cm³/mol. The number of amidine groups is 1. The summed E-state index contributed by atoms with van der Waals surface area (Å²) in [7, 11) is 0. The molecule has 1 saturated heterocycles. The molecule has 14 heavy (non-hydrogen) atoms. The van der Waals surface area contributed by atoms with Crippen molar-refractivity contribution in [1.29, 1.82) is 0 Å². The molecule has 0 atom stereocenters. The van der Waals surface area contributed by atoms with Gasteiger partial charge in [-0.2, -0.15) is 0 Å². The molecule has 0 saturated carbocycles. The normalized spacial score (nSPS) is 18.1. The maximum Gasteiger partial charge on any atom is 0.245 e. The van der Waals surface area contributed by atoms with Gasteiger partial charge in [0.1, 0.15) is 11.7 Å². The Bertz CT molecular complexity index is 386. The molecule has 0 spiro atoms. The van der Waals surface area contributed by atoms with Crippen LogP contribution < -0.4 is 10.9 Å². The Morgan fingerprint density at radius 1 is 1.21 bits per heavy atom. The third-order valence-electron chi connectivity index (χ3n) is 1.76. The van der Waals surface area contributed by atoms with Crippen LogP contribution in [0.1, 0.15) is 6.42 Å². The minimum Gasteiger partial charge on any atom is -0.285 e. The topological polar surface area (TPSA) is 53.5 Å². The van der Waals surface area contributed by atoms with Crippen LogP contribution in [0.2, 0.25) is 0 Å². The molecule has 2 rings (SSSR count). The van der Waals surface area contributed by atoms with Crippen molar-refractivity contribution >= 4 is 17.4 Å². The van der Waals surface area contributed by atoms with Crippen molar-refractivity contribution in [3.05, 3.63) is 30.1 Å². The lowest BCUT2D eigenvalue weighted by atomic mass is 10.3. The van der Waals surface area contributed by atoms with E-state index in [0.717, 1.165) is 0 Å². The van der Waals surface area contributed by atoms with Gasteiger partial charge in [-0.05, 0) is 24.3 Å². The highest BCUT2D eigenvalue weighted by atomic mass is 19.1. The Morgan fingerprint density at radius 2 is 1.93 bits per heavy atom. The average molecular weight is 193 g/mol. The summed E-state index contributed by atoms with van der Waals surface area (Å²) in [5.74, 6) is 0.120. The highest BCUT2D eigenvalue weighted by Crippen LogP contribution is 2.13. The molecule has 0 unspecified atom stereocenters. The summed E-state index contributed by atoms with van der Waals surface area (Å²) in [5.41, 5.74) is 5.65. The van der Waals surface area contributed by atoms with Crippen LogP contribution in [0, 0.1) is 5.82 Å². The lowest BCUT2D eigenvalue weighted by molar-refractivity contribution is -0.119. The van der Waals surface area contributed by atoms with E-state index in [1.54, 1.807) is 12.1 Å². The molecular formula is C9H8FN3O. The van der Waals surface area contributed by atoms with Crippen molar-refractivity contribution in [3.63, 3.8) is 0 Å². The molecule has 1 amide bonds. The van der Waals surface area contributed by atoms with Gasteiger partial charge in [0.15, 0.2) is 0 Å². The van der Waals surface area contributed by atoms with E-state index in [-0.39, 0.29) is 18.1 Å². The zero-order chi connectivity index (χ0) is 9.97. The Kier molecular flexibility index (Phi) is 2.14. The van der Waals surface area contributed by atoms with E-state index in [2.05, 4.69) is 15.8 Å². The number of carbonyl (C=O) groups excluding carboxylic acids is 1. The molecule has 0 radical (unpaired) electrons. The lowest BCUT2D eigenvalue weighted by Crippen LogP contribution is -2.28. The second-order valence-corrected chi connectivity index (χ2v) is 2.88. The Hall–Kier alpha value is -1.91. The van der Waals surface area contributed by atoms with Gasteiger partial charge in [0.25, 0.3) is 0 Å². The second-order valence-electron chi connectivity index (χ2n) is 2.88. The molecule has 0 aliphatic carbocycles. The molecule has 4 nitrogen and oxygen atoms in total. The van der Waals surface area contributed by atoms with Crippen molar-refractivity contribution in [1.82, 2.24) is 10.9 Å². The number of amides is 1. The molecular weight excluding hydrogens is 185 g/mol. The number of rotatable bonds is 1. The van der Waals surface area contributed by atoms with E-state index < -0.39 is 0 Å². The molecule has 0 aromatic heterocycles. The van der Waals surface area contributed by atoms with Crippen molar-refractivity contribution in [2.45, 2.75) is 6.42 Å². The second kappa shape index (κ2) is 3.45. The first-order chi connectivity index (χ1) is 6.74. The number of hydrogen-bond acceptors (Lipinski definition) is 2. The number of halogens is 1. The zero-order valence-electron chi connectivity index (χ0n) is 7.25. The highest BCUT2D eigenvalue weighted by Gasteiger charge is 2.14. The van der Waals surface area contributed by atoms with Gasteiger partial charge in [-0.1, -0.05) is 0 Å². The SMILES string of the molecule is O=C1CC(=Nc2ccc(F)cc2)NN1. The van der Waals surface area contributed by atoms with E-state index in [9.17, 15) is 9.18 Å². The lowest BCUT2D eigenvalue weighted by Gasteiger charge is -1.96. The van der Waals surface area contributed by atoms with Gasteiger partial charge in [-0.25, -0.2) is 9.38 Å². The minimum atomic E-state index is -0.303. The number of carbonyl (C=O) groups is 1. The molecule has 5 heteroatoms. The number of hydrogen-bond donors (Lipinski definition) is 2. The average Bonchev–Trinajstić information content (AvgIpc) is 2.56. The molecule has 1 aromatic rings. The van der Waals surface area contributed by atoms with Gasteiger partial charge in [0.05, 0.1) is 12.1 Å². The zero-order valence-corrected chi connectivity index (χ0v) is 7.25. The van der Waals surface area contributed by atoms with Gasteiger partial charge >= 0.3 is 0 Å². The summed E-state index contributed by atoms with van der Waals surface area (Å²) < 4.78 is 12.5. The maximum atomic E-state index is 12.5. The number of nitrogens with zero attached hydrogens (tertiary/aromatic N) is 1. The first-order valence-electron chi connectivity index (χ1n) is 4.12. The number of hydrazine groups is 1. The van der Waals surface area contributed by atoms with E-state index in [1.807, 2.05) is 0 Å². The molecule has 0 bridgehead atoms. The monoisotopic (exact) mass is 193 g/mol. The first-order valence-corrected chi connectivity index (χ1v) is 4.12. The molecule has 1 heterocycles. The van der Waals surface area contributed by atoms with Crippen LogP contribution in [0.5, 0.6) is 0 Å². The van der Waals surface area contributed by atoms with Crippen LogP contribution >= 0.6 is 0 Å². The Morgan fingerprint density at radius 3 is 2.50 bits per heavy atom. The fourth-order valence-corrected chi connectivity index (χ4v) is 1.12. The molecule has 1 fully saturated rings. The molecule has 1 aliphatic heterocycles. The maximum absolute atomic E-state index is 12.5. The molecule has 1 aliphatic rings. The Labute approximate surface area is 79.8 Å². The quantitative estimate of drug-likeness (QED) is 0.695. The molecule has 72 valence electrons. The van der Waals surface area contributed by atoms with Crippen molar-refractivity contribution in [2.75, 3.05) is 0 Å². The van der Waals surface area contributed by atoms with E-state index in [4.69, 9.17) is 0 Å². The minimum absolute atomic E-state index is 0.120. The van der Waals surface area contributed by atoms with Gasteiger partial charge < -0.3 is 0 Å². The third-order valence-corrected chi connectivity index (χ3v) is 1.76. The van der Waals surface area contributed by atoms with Crippen LogP contribution in [0.3, 0.4) is 0 Å². The predicted octanol–water partition coefficient (Wildman–Crippen LogP) is 0.880. The first kappa shape index (κ1) is 8.68. The Balaban J connectivity index is 2.17. The summed E-state index contributed by atoms with van der Waals surface area (Å²) in [6.45, 7) is 0. The van der Waals surface area contributed by atoms with Crippen LogP contribution in [0.15, 0.2) is 29.3 Å². The summed E-state index contributed by atoms with van der Waals surface area (Å²) in [6.07, 6.45) is 0.234. The van der Waals surface area contributed by atoms with Gasteiger partial charge in [0.2, 0.25) is 5.91 Å². The number of nitrogens with one attached hydrogen (secondary N) is 2. The van der Waals surface area contributed by atoms with Crippen molar-refractivity contribution < 1.29 is 9.18 Å². The third kappa shape index (κ3) is 1.87. The van der Waals surface area contributed by atoms with Crippen LogP contribution in [-0.2, 0) is 4.79 Å². The highest BCUT2D eigenvalue weighted by molar-refractivity contribution is 6.05. The standard InChI is InChI=1S/C9H8FN3O/c10-6-1-3-7(4-2-6)11-8-5-9(14)13-12-8/h1-4H,5H2,(H,11,12)(H,13,14). The molecule has 2 N–H and O–H groups in total. The van der Waals surface area contributed by atoms with Crippen molar-refractivity contribution in [3.8, 4) is 0 Å². The molecule has 1 aromatic carbocycles. The van der Waals surface area contributed by atoms with Gasteiger partial charge in [0, 0.05) is 0 Å². The van der Waals surface area contributed by atoms with Crippen LogP contribution in [-0.4, -0.2) is 11.7 Å². The van der Waals surface area contributed by atoms with Gasteiger partial charge in [-0.15, -0.1) is 0 Å². The largest absolute Gasteiger partial charge is 0.285 e. The summed E-state index contributed by atoms with van der Waals surface area (Å²) in [5, 5.41) is 0. The number of benzene rings is 1. The summed E-state index contributed by atoms with van der Waals surface area (Å²) in [4.78, 5) is 14.9. The fraction of sp³-hybridized carbons (Fsp3) is 0.111. The van der Waals surface area contributed by atoms with Crippen molar-refractivity contribution in [2.24, 2.45) is 4.99 Å². The smallest absolute Gasteiger partial charge is 0.245 e. The van der Waals surface area contributed by atoms with E-state index in [0.29, 0.717) is 11.5 Å². The summed E-state index contributed by atoms with van der Waals surface area (Å²) in [6, 6.07) is 5.74. The fourth-order valence-electron chi connectivity index (χ4n) is 1.12. The number of aliphatic imine (C=N–C) groups is 1. The summed E-state index contributed by atoms with van der Waals surface area (Å²) >= 11 is 0.